The number of nitrogens with zero attached hydrogens (tertiary/aromatic N) is 6. The number of hydrogen-bond donors (Lipinski definition) is 3. The molecule has 4 heterocycles. The smallest absolute Gasteiger partial charge is 0.164 e. The summed E-state index contributed by atoms with van der Waals surface area (Å²) in [7, 11) is 0. The Balaban J connectivity index is 1.24. The van der Waals surface area contributed by atoms with Gasteiger partial charge in [-0.3, -0.25) is 0 Å². The lowest BCUT2D eigenvalue weighted by Crippen LogP contribution is -2.32. The van der Waals surface area contributed by atoms with Crippen LogP contribution in [0.1, 0.15) is 23.0 Å². The molecule has 2 aromatic carbocycles. The monoisotopic (exact) mass is 565 g/mol. The summed E-state index contributed by atoms with van der Waals surface area (Å²) in [6, 6.07) is 19.2. The average molecular weight is 566 g/mol. The largest absolute Gasteiger partial charge is 0.387 e. The van der Waals surface area contributed by atoms with Crippen LogP contribution in [0.25, 0.3) is 33.4 Å². The van der Waals surface area contributed by atoms with E-state index in [1.807, 2.05) is 49.4 Å². The van der Waals surface area contributed by atoms with Crippen molar-refractivity contribution in [1.29, 1.82) is 5.26 Å². The van der Waals surface area contributed by atoms with E-state index in [-0.39, 0.29) is 5.82 Å². The summed E-state index contributed by atoms with van der Waals surface area (Å²) in [4.78, 5) is 17.5. The zero-order valence-corrected chi connectivity index (χ0v) is 22.9. The molecule has 0 amide bonds. The third kappa shape index (κ3) is 5.03. The van der Waals surface area contributed by atoms with Crippen molar-refractivity contribution in [2.24, 2.45) is 0 Å². The number of nitriles is 1. The van der Waals surface area contributed by atoms with Crippen molar-refractivity contribution < 1.29 is 14.9 Å². The van der Waals surface area contributed by atoms with Crippen LogP contribution in [0.3, 0.4) is 0 Å². The van der Waals surface area contributed by atoms with Gasteiger partial charge in [0.1, 0.15) is 36.3 Å². The summed E-state index contributed by atoms with van der Waals surface area (Å²) >= 11 is 1.58. The van der Waals surface area contributed by atoms with Crippen LogP contribution < -0.4 is 5.73 Å². The maximum Gasteiger partial charge on any atom is 0.164 e. The van der Waals surface area contributed by atoms with Crippen LogP contribution in [0, 0.1) is 18.3 Å². The molecule has 1 saturated heterocycles. The second-order valence-electron chi connectivity index (χ2n) is 9.81. The van der Waals surface area contributed by atoms with E-state index in [1.54, 1.807) is 41.0 Å². The van der Waals surface area contributed by atoms with Crippen molar-refractivity contribution in [3.8, 4) is 28.5 Å². The van der Waals surface area contributed by atoms with Gasteiger partial charge >= 0.3 is 0 Å². The number of benzene rings is 2. The summed E-state index contributed by atoms with van der Waals surface area (Å²) in [5.74, 6) is 1.34. The topological polar surface area (TPSA) is 156 Å². The molecule has 0 unspecified atom stereocenters. The molecule has 1 aliphatic heterocycles. The fourth-order valence-electron chi connectivity index (χ4n) is 5.14. The molecule has 0 radical (unpaired) electrons. The van der Waals surface area contributed by atoms with Gasteiger partial charge in [0, 0.05) is 40.1 Å². The van der Waals surface area contributed by atoms with Crippen molar-refractivity contribution in [1.82, 2.24) is 24.5 Å². The first-order chi connectivity index (χ1) is 20.0. The number of ether oxygens (including phenoxy) is 1. The Labute approximate surface area is 240 Å². The number of rotatable bonds is 7. The molecule has 4 N–H and O–H groups in total. The van der Waals surface area contributed by atoms with Crippen molar-refractivity contribution in [2.75, 3.05) is 11.5 Å². The first-order valence-corrected chi connectivity index (χ1v) is 14.2. The quantitative estimate of drug-likeness (QED) is 0.265. The zero-order chi connectivity index (χ0) is 28.5. The molecule has 0 bridgehead atoms. The van der Waals surface area contributed by atoms with E-state index in [1.165, 1.54) is 6.33 Å². The van der Waals surface area contributed by atoms with Gasteiger partial charge in [-0.15, -0.1) is 0 Å². The van der Waals surface area contributed by atoms with E-state index in [0.29, 0.717) is 28.1 Å². The van der Waals surface area contributed by atoms with Crippen LogP contribution in [0.2, 0.25) is 0 Å². The Kier molecular flexibility index (Phi) is 7.38. The van der Waals surface area contributed by atoms with Crippen LogP contribution in [-0.2, 0) is 10.5 Å². The van der Waals surface area contributed by atoms with Gasteiger partial charge in [-0.05, 0) is 24.6 Å². The second kappa shape index (κ2) is 11.3. The number of aromatic nitrogens is 5. The Morgan fingerprint density at radius 2 is 1.73 bits per heavy atom. The molecule has 6 rings (SSSR count). The number of aliphatic hydroxyl groups excluding tert-OH is 2. The summed E-state index contributed by atoms with van der Waals surface area (Å²) in [6.45, 7) is 1.96. The van der Waals surface area contributed by atoms with E-state index in [0.717, 1.165) is 33.6 Å². The first-order valence-electron chi connectivity index (χ1n) is 13.0. The molecule has 0 aliphatic carbocycles. The molecule has 10 nitrogen and oxygen atoms in total. The predicted octanol–water partition coefficient (Wildman–Crippen LogP) is 3.87. The number of aryl methyl sites for hydroxylation is 1. The normalized spacial score (nSPS) is 20.3. The van der Waals surface area contributed by atoms with Gasteiger partial charge in [0.05, 0.1) is 28.8 Å². The number of nitrogen functional groups attached to an aromatic ring is 1. The lowest BCUT2D eigenvalue weighted by atomic mass is 10.0. The molecule has 1 fully saturated rings. The van der Waals surface area contributed by atoms with Gasteiger partial charge in [-0.1, -0.05) is 42.5 Å². The predicted molar refractivity (Wildman–Crippen MR) is 156 cm³/mol. The Morgan fingerprint density at radius 1 is 0.976 bits per heavy atom. The van der Waals surface area contributed by atoms with Crippen LogP contribution in [0.15, 0.2) is 73.4 Å². The van der Waals surface area contributed by atoms with E-state index >= 15 is 0 Å². The molecular formula is C30H27N7O3S. The molecule has 0 saturated carbocycles. The summed E-state index contributed by atoms with van der Waals surface area (Å²) < 4.78 is 7.95. The maximum atomic E-state index is 11.1. The summed E-state index contributed by atoms with van der Waals surface area (Å²) in [6.07, 6.45) is 0.911. The zero-order valence-electron chi connectivity index (χ0n) is 22.1. The highest BCUT2D eigenvalue weighted by Crippen LogP contribution is 2.39. The molecule has 11 heteroatoms. The highest BCUT2D eigenvalue weighted by atomic mass is 32.2. The number of nitrogens with two attached hydrogens (primary N) is 1. The Morgan fingerprint density at radius 3 is 2.49 bits per heavy atom. The summed E-state index contributed by atoms with van der Waals surface area (Å²) in [5.41, 5.74) is 12.6. The SMILES string of the molecule is Cc1ncnc(-c2ccccc2)c1CSC[C@H]1O[C@@H](n2cc(-c3ccc(C#N)cc3)c3c(N)ncnc32)[C@H](O)[C@@H]1O. The third-order valence-corrected chi connectivity index (χ3v) is 8.37. The minimum Gasteiger partial charge on any atom is -0.387 e. The fraction of sp³-hybridized carbons (Fsp3) is 0.233. The molecule has 0 spiro atoms. The highest BCUT2D eigenvalue weighted by Gasteiger charge is 2.44. The highest BCUT2D eigenvalue weighted by molar-refractivity contribution is 7.98. The lowest BCUT2D eigenvalue weighted by molar-refractivity contribution is -0.0285. The van der Waals surface area contributed by atoms with Crippen molar-refractivity contribution in [3.63, 3.8) is 0 Å². The molecule has 4 atom stereocenters. The molecule has 206 valence electrons. The van der Waals surface area contributed by atoms with Crippen molar-refractivity contribution >= 4 is 28.6 Å². The van der Waals surface area contributed by atoms with Crippen molar-refractivity contribution in [3.05, 3.63) is 90.3 Å². The number of aliphatic hydroxyl groups is 2. The second-order valence-corrected chi connectivity index (χ2v) is 10.8. The number of anilines is 1. The minimum absolute atomic E-state index is 0.280. The Bertz CT molecular complexity index is 1740. The van der Waals surface area contributed by atoms with Gasteiger partial charge in [0.25, 0.3) is 0 Å². The van der Waals surface area contributed by atoms with Crippen LogP contribution in [0.4, 0.5) is 5.82 Å². The number of fused-ring (bicyclic) bond motifs is 1. The van der Waals surface area contributed by atoms with Gasteiger partial charge in [0.15, 0.2) is 6.23 Å². The van der Waals surface area contributed by atoms with Crippen LogP contribution >= 0.6 is 11.8 Å². The molecule has 3 aromatic heterocycles. The van der Waals surface area contributed by atoms with Crippen LogP contribution in [-0.4, -0.2) is 58.8 Å². The average Bonchev–Trinajstić information content (AvgIpc) is 3.52. The van der Waals surface area contributed by atoms with Gasteiger partial charge < -0.3 is 25.3 Å². The van der Waals surface area contributed by atoms with Crippen molar-refractivity contribution in [2.45, 2.75) is 37.2 Å². The molecular weight excluding hydrogens is 538 g/mol. The molecule has 5 aromatic rings. The minimum atomic E-state index is -1.19. The van der Waals surface area contributed by atoms with Gasteiger partial charge in [-0.25, -0.2) is 19.9 Å². The fourth-order valence-corrected chi connectivity index (χ4v) is 6.31. The molecule has 1 aliphatic rings. The van der Waals surface area contributed by atoms with E-state index in [9.17, 15) is 15.5 Å². The summed E-state index contributed by atoms with van der Waals surface area (Å²) in [5, 5.41) is 31.8. The Hall–Kier alpha value is -4.34. The first kappa shape index (κ1) is 26.9. The van der Waals surface area contributed by atoms with Gasteiger partial charge in [0.2, 0.25) is 0 Å². The standard InChI is InChI=1S/C30H27N7O3S/c1-17-22(25(34-15-33-17)20-5-3-2-4-6-20)13-41-14-23-26(38)27(39)30(40-23)37-12-21(19-9-7-18(11-31)8-10-19)24-28(32)35-16-36-29(24)37/h2-10,12,15-16,23,26-27,30,38-39H,13-14H2,1H3,(H2,32,35,36)/t23-,26-,27-,30-/m1/s1. The molecule has 41 heavy (non-hydrogen) atoms. The third-order valence-electron chi connectivity index (χ3n) is 7.31. The lowest BCUT2D eigenvalue weighted by Gasteiger charge is -2.17. The van der Waals surface area contributed by atoms with E-state index < -0.39 is 24.5 Å². The van der Waals surface area contributed by atoms with Gasteiger partial charge in [-0.2, -0.15) is 17.0 Å². The van der Waals surface area contributed by atoms with E-state index in [2.05, 4.69) is 26.0 Å². The number of thioether (sulfide) groups is 1. The maximum absolute atomic E-state index is 11.1. The van der Waals surface area contributed by atoms with E-state index in [4.69, 9.17) is 10.5 Å². The number of hydrogen-bond acceptors (Lipinski definition) is 10. The van der Waals surface area contributed by atoms with Crippen LogP contribution in [0.5, 0.6) is 0 Å².